The van der Waals surface area contributed by atoms with Gasteiger partial charge >= 0.3 is 0 Å². The van der Waals surface area contributed by atoms with E-state index in [2.05, 4.69) is 0 Å². The minimum atomic E-state index is -0.891. The van der Waals surface area contributed by atoms with Gasteiger partial charge in [0.05, 0.1) is 0 Å². The molecule has 20 heavy (non-hydrogen) atoms. The molecule has 0 amide bonds. The van der Waals surface area contributed by atoms with E-state index in [1.165, 1.54) is 43.0 Å². The number of benzene rings is 2. The summed E-state index contributed by atoms with van der Waals surface area (Å²) in [5.74, 6) is -1.68. The van der Waals surface area contributed by atoms with Crippen LogP contribution in [0, 0.1) is 24.4 Å². The molecule has 1 unspecified atom stereocenters. The molecule has 0 aliphatic heterocycles. The van der Waals surface area contributed by atoms with Gasteiger partial charge in [0.1, 0.15) is 5.82 Å². The lowest BCUT2D eigenvalue weighted by molar-refractivity contribution is 0.488. The van der Waals surface area contributed by atoms with Crippen molar-refractivity contribution in [1.82, 2.24) is 0 Å². The van der Waals surface area contributed by atoms with Crippen LogP contribution in [0.4, 0.5) is 13.2 Å². The molecular weight excluding hydrogens is 283 g/mol. The highest BCUT2D eigenvalue weighted by molar-refractivity contribution is 7.99. The van der Waals surface area contributed by atoms with Crippen molar-refractivity contribution in [2.45, 2.75) is 17.9 Å². The Balaban J connectivity index is 2.07. The predicted molar refractivity (Wildman–Crippen MR) is 75.1 cm³/mol. The Morgan fingerprint density at radius 3 is 2.30 bits per heavy atom. The fourth-order valence-electron chi connectivity index (χ4n) is 1.75. The van der Waals surface area contributed by atoms with Gasteiger partial charge in [0.2, 0.25) is 0 Å². The van der Waals surface area contributed by atoms with Crippen molar-refractivity contribution in [1.29, 1.82) is 0 Å². The molecule has 0 saturated carbocycles. The molecule has 1 nitrogen and oxygen atoms in total. The lowest BCUT2D eigenvalue weighted by atomic mass is 10.1. The van der Waals surface area contributed by atoms with Crippen molar-refractivity contribution in [3.05, 3.63) is 65.0 Å². The number of nitrogens with two attached hydrogens (primary N) is 1. The first-order chi connectivity index (χ1) is 9.49. The van der Waals surface area contributed by atoms with Crippen molar-refractivity contribution in [2.75, 3.05) is 5.75 Å². The summed E-state index contributed by atoms with van der Waals surface area (Å²) < 4.78 is 40.0. The molecule has 0 saturated heterocycles. The van der Waals surface area contributed by atoms with Crippen LogP contribution in [0.5, 0.6) is 0 Å². The van der Waals surface area contributed by atoms with Crippen LogP contribution in [0.2, 0.25) is 0 Å². The van der Waals surface area contributed by atoms with Crippen LogP contribution in [0.3, 0.4) is 0 Å². The SMILES string of the molecule is Cc1ccc(C(N)CSc2ccc(F)cc2)c(F)c1F. The van der Waals surface area contributed by atoms with Gasteiger partial charge in [-0.3, -0.25) is 0 Å². The van der Waals surface area contributed by atoms with Crippen LogP contribution in [0.1, 0.15) is 17.2 Å². The smallest absolute Gasteiger partial charge is 0.163 e. The van der Waals surface area contributed by atoms with Gasteiger partial charge in [-0.15, -0.1) is 11.8 Å². The summed E-state index contributed by atoms with van der Waals surface area (Å²) in [6, 6.07) is 8.33. The third-order valence-corrected chi connectivity index (χ3v) is 4.08. The van der Waals surface area contributed by atoms with Gasteiger partial charge in [-0.25, -0.2) is 13.2 Å². The molecule has 0 aromatic heterocycles. The fourth-order valence-corrected chi connectivity index (χ4v) is 2.63. The zero-order chi connectivity index (χ0) is 14.7. The van der Waals surface area contributed by atoms with Crippen LogP contribution >= 0.6 is 11.8 Å². The van der Waals surface area contributed by atoms with Crippen LogP contribution in [0.15, 0.2) is 41.3 Å². The molecule has 2 aromatic rings. The van der Waals surface area contributed by atoms with Crippen molar-refractivity contribution in [3.63, 3.8) is 0 Å². The fraction of sp³-hybridized carbons (Fsp3) is 0.200. The van der Waals surface area contributed by atoms with Crippen molar-refractivity contribution in [3.8, 4) is 0 Å². The Kier molecular flexibility index (Phi) is 4.73. The molecule has 1 atom stereocenters. The number of rotatable bonds is 4. The molecule has 2 rings (SSSR count). The molecule has 0 bridgehead atoms. The average molecular weight is 297 g/mol. The molecule has 0 aliphatic carbocycles. The number of hydrogen-bond acceptors (Lipinski definition) is 2. The molecule has 2 N–H and O–H groups in total. The van der Waals surface area contributed by atoms with E-state index in [-0.39, 0.29) is 16.9 Å². The maximum Gasteiger partial charge on any atom is 0.163 e. The Hall–Kier alpha value is -1.46. The second-order valence-electron chi connectivity index (χ2n) is 4.47. The largest absolute Gasteiger partial charge is 0.323 e. The number of thioether (sulfide) groups is 1. The van der Waals surface area contributed by atoms with Crippen molar-refractivity contribution >= 4 is 11.8 Å². The van der Waals surface area contributed by atoms with Crippen LogP contribution in [-0.2, 0) is 0 Å². The predicted octanol–water partition coefficient (Wildman–Crippen LogP) is 4.20. The summed E-state index contributed by atoms with van der Waals surface area (Å²) in [6.45, 7) is 1.50. The molecule has 2 aromatic carbocycles. The average Bonchev–Trinajstić information content (AvgIpc) is 2.44. The summed E-state index contributed by atoms with van der Waals surface area (Å²) in [7, 11) is 0. The minimum absolute atomic E-state index is 0.155. The molecule has 0 radical (unpaired) electrons. The first kappa shape index (κ1) is 14.9. The molecular formula is C15H14F3NS. The normalized spacial score (nSPS) is 12.4. The molecule has 5 heteroatoms. The van der Waals surface area contributed by atoms with E-state index < -0.39 is 17.7 Å². The number of hydrogen-bond donors (Lipinski definition) is 1. The summed E-state index contributed by atoms with van der Waals surface area (Å²) in [4.78, 5) is 0.829. The Labute approximate surface area is 120 Å². The highest BCUT2D eigenvalue weighted by Crippen LogP contribution is 2.26. The molecule has 0 fully saturated rings. The standard InChI is InChI=1S/C15H14F3NS/c1-9-2-7-12(15(18)14(9)17)13(19)8-20-11-5-3-10(16)4-6-11/h2-7,13H,8,19H2,1H3. The van der Waals surface area contributed by atoms with Crippen LogP contribution < -0.4 is 5.73 Å². The van der Waals surface area contributed by atoms with E-state index in [4.69, 9.17) is 5.73 Å². The third kappa shape index (κ3) is 3.35. The van der Waals surface area contributed by atoms with E-state index in [9.17, 15) is 13.2 Å². The zero-order valence-corrected chi connectivity index (χ0v) is 11.7. The summed E-state index contributed by atoms with van der Waals surface area (Å²) in [5, 5.41) is 0. The Bertz CT molecular complexity index is 599. The van der Waals surface area contributed by atoms with Crippen molar-refractivity contribution < 1.29 is 13.2 Å². The second kappa shape index (κ2) is 6.33. The Morgan fingerprint density at radius 1 is 1.00 bits per heavy atom. The van der Waals surface area contributed by atoms with E-state index in [1.807, 2.05) is 0 Å². The molecule has 0 aliphatic rings. The number of halogens is 3. The quantitative estimate of drug-likeness (QED) is 0.856. The van der Waals surface area contributed by atoms with Gasteiger partial charge in [-0.1, -0.05) is 12.1 Å². The van der Waals surface area contributed by atoms with E-state index in [1.54, 1.807) is 12.1 Å². The first-order valence-corrected chi connectivity index (χ1v) is 7.06. The second-order valence-corrected chi connectivity index (χ2v) is 5.56. The summed E-state index contributed by atoms with van der Waals surface area (Å²) >= 11 is 1.37. The first-order valence-electron chi connectivity index (χ1n) is 6.07. The molecule has 106 valence electrons. The molecule has 0 heterocycles. The highest BCUT2D eigenvalue weighted by Gasteiger charge is 2.16. The zero-order valence-electron chi connectivity index (χ0n) is 10.9. The maximum atomic E-state index is 13.8. The van der Waals surface area contributed by atoms with Gasteiger partial charge in [-0.05, 0) is 36.8 Å². The minimum Gasteiger partial charge on any atom is -0.323 e. The van der Waals surface area contributed by atoms with E-state index in [0.29, 0.717) is 5.75 Å². The number of aryl methyl sites for hydroxylation is 1. The summed E-state index contributed by atoms with van der Waals surface area (Å²) in [6.07, 6.45) is 0. The van der Waals surface area contributed by atoms with Gasteiger partial charge < -0.3 is 5.73 Å². The molecule has 0 spiro atoms. The maximum absolute atomic E-state index is 13.8. The van der Waals surface area contributed by atoms with E-state index >= 15 is 0 Å². The third-order valence-electron chi connectivity index (χ3n) is 2.95. The lowest BCUT2D eigenvalue weighted by Crippen LogP contribution is -2.15. The van der Waals surface area contributed by atoms with Gasteiger partial charge in [0.25, 0.3) is 0 Å². The van der Waals surface area contributed by atoms with Gasteiger partial charge in [-0.2, -0.15) is 0 Å². The summed E-state index contributed by atoms with van der Waals surface area (Å²) in [5.41, 5.74) is 6.30. The lowest BCUT2D eigenvalue weighted by Gasteiger charge is -2.14. The monoisotopic (exact) mass is 297 g/mol. The van der Waals surface area contributed by atoms with Gasteiger partial charge in [0, 0.05) is 22.3 Å². The van der Waals surface area contributed by atoms with Gasteiger partial charge in [0.15, 0.2) is 11.6 Å². The topological polar surface area (TPSA) is 26.0 Å². The van der Waals surface area contributed by atoms with E-state index in [0.717, 1.165) is 4.90 Å². The highest BCUT2D eigenvalue weighted by atomic mass is 32.2. The van der Waals surface area contributed by atoms with Crippen molar-refractivity contribution in [2.24, 2.45) is 5.73 Å². The van der Waals surface area contributed by atoms with Crippen LogP contribution in [0.25, 0.3) is 0 Å². The Morgan fingerprint density at radius 2 is 1.65 bits per heavy atom. The van der Waals surface area contributed by atoms with Crippen LogP contribution in [-0.4, -0.2) is 5.75 Å².